The third kappa shape index (κ3) is 3.54. The van der Waals surface area contributed by atoms with E-state index in [1.165, 1.54) is 0 Å². The molecule has 1 aliphatic rings. The molecule has 1 unspecified atom stereocenters. The Labute approximate surface area is 121 Å². The van der Waals surface area contributed by atoms with E-state index in [4.69, 9.17) is 5.73 Å². The SMILES string of the molecule is NCCCC(CS)(N=O)C(=O)OC(=O)[C@]1(O)CCCN1. The Bertz CT molecular complexity index is 386. The van der Waals surface area contributed by atoms with Gasteiger partial charge in [0.1, 0.15) is 0 Å². The zero-order valence-corrected chi connectivity index (χ0v) is 11.9. The summed E-state index contributed by atoms with van der Waals surface area (Å²) in [6.07, 6.45) is 1.12. The molecule has 20 heavy (non-hydrogen) atoms. The van der Waals surface area contributed by atoms with Gasteiger partial charge in [-0.2, -0.15) is 12.6 Å². The smallest absolute Gasteiger partial charge is 0.361 e. The summed E-state index contributed by atoms with van der Waals surface area (Å²) < 4.78 is 4.61. The maximum atomic E-state index is 12.0. The monoisotopic (exact) mass is 305 g/mol. The molecule has 0 aromatic carbocycles. The summed E-state index contributed by atoms with van der Waals surface area (Å²) in [6.45, 7) is 0.703. The maximum Gasteiger partial charge on any atom is 0.361 e. The van der Waals surface area contributed by atoms with Gasteiger partial charge in [0.25, 0.3) is 0 Å². The van der Waals surface area contributed by atoms with Crippen molar-refractivity contribution < 1.29 is 19.4 Å². The summed E-state index contributed by atoms with van der Waals surface area (Å²) >= 11 is 3.92. The van der Waals surface area contributed by atoms with Gasteiger partial charge in [0.15, 0.2) is 0 Å². The average molecular weight is 305 g/mol. The van der Waals surface area contributed by atoms with Crippen molar-refractivity contribution in [1.29, 1.82) is 0 Å². The zero-order valence-electron chi connectivity index (χ0n) is 11.0. The van der Waals surface area contributed by atoms with Gasteiger partial charge in [-0.25, -0.2) is 9.59 Å². The Morgan fingerprint density at radius 2 is 2.25 bits per heavy atom. The van der Waals surface area contributed by atoms with Crippen LogP contribution in [-0.2, 0) is 14.3 Å². The molecular weight excluding hydrogens is 286 g/mol. The lowest BCUT2D eigenvalue weighted by Crippen LogP contribution is -2.51. The van der Waals surface area contributed by atoms with Crippen LogP contribution in [0.4, 0.5) is 0 Å². The molecule has 8 nitrogen and oxygen atoms in total. The highest BCUT2D eigenvalue weighted by Crippen LogP contribution is 2.24. The first-order valence-corrected chi connectivity index (χ1v) is 6.97. The van der Waals surface area contributed by atoms with Crippen molar-refractivity contribution in [2.45, 2.75) is 36.9 Å². The van der Waals surface area contributed by atoms with Gasteiger partial charge in [-0.15, -0.1) is 4.91 Å². The van der Waals surface area contributed by atoms with Gasteiger partial charge in [0.05, 0.1) is 0 Å². The summed E-state index contributed by atoms with van der Waals surface area (Å²) in [6, 6.07) is 0. The van der Waals surface area contributed by atoms with Crippen molar-refractivity contribution in [3.05, 3.63) is 4.91 Å². The lowest BCUT2D eigenvalue weighted by molar-refractivity contribution is -0.178. The number of nitroso groups, excluding NO2 is 1. The predicted molar refractivity (Wildman–Crippen MR) is 74.0 cm³/mol. The normalized spacial score (nSPS) is 24.9. The molecular formula is C11H19N3O5S. The van der Waals surface area contributed by atoms with Crippen LogP contribution >= 0.6 is 12.6 Å². The van der Waals surface area contributed by atoms with Gasteiger partial charge in [-0.05, 0) is 32.4 Å². The molecule has 1 aliphatic heterocycles. The first-order valence-electron chi connectivity index (χ1n) is 6.33. The molecule has 0 radical (unpaired) electrons. The van der Waals surface area contributed by atoms with E-state index < -0.39 is 23.2 Å². The third-order valence-corrected chi connectivity index (χ3v) is 3.79. The second-order valence-corrected chi connectivity index (χ2v) is 5.06. The Kier molecular flexibility index (Phi) is 6.06. The second kappa shape index (κ2) is 7.11. The molecule has 0 saturated carbocycles. The van der Waals surface area contributed by atoms with Gasteiger partial charge in [0, 0.05) is 12.2 Å². The molecule has 0 aliphatic carbocycles. The minimum absolute atomic E-state index is 0.0362. The van der Waals surface area contributed by atoms with Crippen LogP contribution in [0, 0.1) is 4.91 Å². The molecule has 0 spiro atoms. The number of nitrogens with two attached hydrogens (primary N) is 1. The van der Waals surface area contributed by atoms with Crippen LogP contribution in [0.1, 0.15) is 25.7 Å². The molecule has 1 rings (SSSR count). The Morgan fingerprint density at radius 3 is 2.70 bits per heavy atom. The molecule has 0 aromatic rings. The van der Waals surface area contributed by atoms with Crippen LogP contribution in [0.3, 0.4) is 0 Å². The molecule has 1 saturated heterocycles. The maximum absolute atomic E-state index is 12.0. The molecule has 0 aromatic heterocycles. The molecule has 0 amide bonds. The lowest BCUT2D eigenvalue weighted by atomic mass is 9.97. The standard InChI is InChI=1S/C11H19N3O5S/c12-5-1-3-10(7-20,14-18)8(15)19-9(16)11(17)4-2-6-13-11/h13,17,20H,1-7,12H2/t10?,11-/m1/s1. The second-order valence-electron chi connectivity index (χ2n) is 4.74. The molecule has 1 heterocycles. The molecule has 2 atom stereocenters. The number of hydrogen-bond acceptors (Lipinski definition) is 9. The number of carbonyl (C=O) groups excluding carboxylic acids is 2. The van der Waals surface area contributed by atoms with E-state index in [-0.39, 0.29) is 25.1 Å². The Morgan fingerprint density at radius 1 is 1.55 bits per heavy atom. The number of thiol groups is 1. The van der Waals surface area contributed by atoms with Gasteiger partial charge in [0.2, 0.25) is 11.3 Å². The third-order valence-electron chi connectivity index (χ3n) is 3.27. The summed E-state index contributed by atoms with van der Waals surface area (Å²) in [5.74, 6) is -2.43. The van der Waals surface area contributed by atoms with Gasteiger partial charge < -0.3 is 15.6 Å². The van der Waals surface area contributed by atoms with Gasteiger partial charge in [-0.3, -0.25) is 5.32 Å². The van der Waals surface area contributed by atoms with E-state index in [2.05, 4.69) is 27.9 Å². The summed E-state index contributed by atoms with van der Waals surface area (Å²) in [5, 5.41) is 15.2. The van der Waals surface area contributed by atoms with Crippen LogP contribution in [0.15, 0.2) is 5.18 Å². The first-order chi connectivity index (χ1) is 9.44. The average Bonchev–Trinajstić information content (AvgIpc) is 2.89. The number of rotatable bonds is 7. The Hall–Kier alpha value is -1.03. The van der Waals surface area contributed by atoms with Crippen molar-refractivity contribution >= 4 is 24.6 Å². The summed E-state index contributed by atoms with van der Waals surface area (Å²) in [5.41, 5.74) is 1.69. The van der Waals surface area contributed by atoms with Crippen molar-refractivity contribution in [3.8, 4) is 0 Å². The Balaban J connectivity index is 2.75. The quantitative estimate of drug-likeness (QED) is 0.212. The van der Waals surface area contributed by atoms with Gasteiger partial charge >= 0.3 is 11.9 Å². The van der Waals surface area contributed by atoms with E-state index in [9.17, 15) is 19.6 Å². The fraction of sp³-hybridized carbons (Fsp3) is 0.818. The van der Waals surface area contributed by atoms with Crippen LogP contribution in [0.2, 0.25) is 0 Å². The van der Waals surface area contributed by atoms with Crippen molar-refractivity contribution in [3.63, 3.8) is 0 Å². The number of aliphatic hydroxyl groups is 1. The van der Waals surface area contributed by atoms with E-state index in [1.807, 2.05) is 0 Å². The van der Waals surface area contributed by atoms with Crippen LogP contribution in [0.5, 0.6) is 0 Å². The molecule has 1 fully saturated rings. The van der Waals surface area contributed by atoms with Crippen LogP contribution in [-0.4, -0.2) is 47.2 Å². The highest BCUT2D eigenvalue weighted by molar-refractivity contribution is 7.80. The fourth-order valence-corrected chi connectivity index (χ4v) is 2.26. The van der Waals surface area contributed by atoms with Crippen LogP contribution < -0.4 is 11.1 Å². The highest BCUT2D eigenvalue weighted by atomic mass is 32.1. The minimum atomic E-state index is -1.88. The highest BCUT2D eigenvalue weighted by Gasteiger charge is 2.47. The topological polar surface area (TPSA) is 131 Å². The van der Waals surface area contributed by atoms with Crippen molar-refractivity contribution in [2.75, 3.05) is 18.8 Å². The minimum Gasteiger partial charge on any atom is -0.388 e. The van der Waals surface area contributed by atoms with Gasteiger partial charge in [-0.1, -0.05) is 5.18 Å². The predicted octanol–water partition coefficient (Wildman–Crippen LogP) is -0.698. The molecule has 0 bridgehead atoms. The number of carbonyl (C=O) groups is 2. The molecule has 9 heteroatoms. The van der Waals surface area contributed by atoms with E-state index in [0.29, 0.717) is 19.4 Å². The van der Waals surface area contributed by atoms with E-state index >= 15 is 0 Å². The number of hydrogen-bond donors (Lipinski definition) is 4. The van der Waals surface area contributed by atoms with E-state index in [1.54, 1.807) is 0 Å². The van der Waals surface area contributed by atoms with E-state index in [0.717, 1.165) is 0 Å². The van der Waals surface area contributed by atoms with Crippen molar-refractivity contribution in [2.24, 2.45) is 10.9 Å². The van der Waals surface area contributed by atoms with Crippen molar-refractivity contribution in [1.82, 2.24) is 5.32 Å². The summed E-state index contributed by atoms with van der Waals surface area (Å²) in [4.78, 5) is 34.7. The fourth-order valence-electron chi connectivity index (χ4n) is 1.92. The number of ether oxygens (including phenoxy) is 1. The number of nitrogens with zero attached hydrogens (tertiary/aromatic N) is 1. The lowest BCUT2D eigenvalue weighted by Gasteiger charge is -2.24. The van der Waals surface area contributed by atoms with Crippen LogP contribution in [0.25, 0.3) is 0 Å². The largest absolute Gasteiger partial charge is 0.388 e. The molecule has 4 N–H and O–H groups in total. The number of nitrogens with one attached hydrogen (secondary N) is 1. The zero-order chi connectivity index (χ0) is 15.2. The first kappa shape index (κ1) is 17.0. The molecule has 114 valence electrons. The number of esters is 2. The summed E-state index contributed by atoms with van der Waals surface area (Å²) in [7, 11) is 0.